The van der Waals surface area contributed by atoms with Crippen LogP contribution in [0.25, 0.3) is 5.69 Å². The second-order valence-corrected chi connectivity index (χ2v) is 4.80. The standard InChI is InChI=1S/C14H13N5O2S/c1-21-13(20)10-4-5-12(19-7-3-6-17-19)11(8-10)18-14(22-2)16-9-15/h3-8H,1-2H3,(H,16,18). The Morgan fingerprint density at radius 2 is 2.36 bits per heavy atom. The van der Waals surface area contributed by atoms with E-state index in [-0.39, 0.29) is 0 Å². The van der Waals surface area contributed by atoms with Gasteiger partial charge in [0.25, 0.3) is 0 Å². The predicted molar refractivity (Wildman–Crippen MR) is 84.3 cm³/mol. The number of hydrogen-bond donors (Lipinski definition) is 1. The maximum Gasteiger partial charge on any atom is 0.337 e. The average molecular weight is 315 g/mol. The molecule has 112 valence electrons. The van der Waals surface area contributed by atoms with Gasteiger partial charge >= 0.3 is 5.97 Å². The molecule has 8 heteroatoms. The smallest absolute Gasteiger partial charge is 0.337 e. The zero-order valence-corrected chi connectivity index (χ0v) is 12.8. The third kappa shape index (κ3) is 3.45. The number of ether oxygens (including phenoxy) is 1. The Bertz CT molecular complexity index is 734. The van der Waals surface area contributed by atoms with Gasteiger partial charge in [0, 0.05) is 12.4 Å². The summed E-state index contributed by atoms with van der Waals surface area (Å²) < 4.78 is 6.35. The van der Waals surface area contributed by atoms with Gasteiger partial charge in [-0.3, -0.25) is 5.32 Å². The number of nitrogens with one attached hydrogen (secondary N) is 1. The van der Waals surface area contributed by atoms with Crippen LogP contribution in [-0.2, 0) is 4.74 Å². The van der Waals surface area contributed by atoms with Crippen LogP contribution >= 0.6 is 11.8 Å². The summed E-state index contributed by atoms with van der Waals surface area (Å²) in [5.74, 6) is -0.456. The Kier molecular flexibility index (Phi) is 5.16. The van der Waals surface area contributed by atoms with Crippen molar-refractivity contribution in [2.75, 3.05) is 13.4 Å². The summed E-state index contributed by atoms with van der Waals surface area (Å²) in [6, 6.07) is 6.74. The number of nitriles is 1. The van der Waals surface area contributed by atoms with Gasteiger partial charge < -0.3 is 4.74 Å². The molecule has 0 spiro atoms. The summed E-state index contributed by atoms with van der Waals surface area (Å²) in [6.07, 6.45) is 7.03. The highest BCUT2D eigenvalue weighted by molar-refractivity contribution is 8.13. The lowest BCUT2D eigenvalue weighted by molar-refractivity contribution is 0.0601. The number of thioether (sulfide) groups is 1. The first-order chi connectivity index (χ1) is 10.7. The fourth-order valence-corrected chi connectivity index (χ4v) is 2.08. The van der Waals surface area contributed by atoms with Crippen LogP contribution in [0.3, 0.4) is 0 Å². The lowest BCUT2D eigenvalue weighted by Crippen LogP contribution is -2.13. The molecule has 1 aromatic heterocycles. The van der Waals surface area contributed by atoms with E-state index < -0.39 is 5.97 Å². The van der Waals surface area contributed by atoms with Gasteiger partial charge in [0.2, 0.25) is 0 Å². The topological polar surface area (TPSA) is 92.3 Å². The number of rotatable bonds is 3. The van der Waals surface area contributed by atoms with Crippen molar-refractivity contribution in [2.24, 2.45) is 4.99 Å². The molecule has 0 saturated carbocycles. The van der Waals surface area contributed by atoms with Crippen LogP contribution in [0.1, 0.15) is 10.4 Å². The Morgan fingerprint density at radius 1 is 1.55 bits per heavy atom. The molecule has 1 heterocycles. The Labute approximate surface area is 131 Å². The highest BCUT2D eigenvalue weighted by Crippen LogP contribution is 2.26. The van der Waals surface area contributed by atoms with Crippen molar-refractivity contribution in [3.8, 4) is 11.9 Å². The lowest BCUT2D eigenvalue weighted by Gasteiger charge is -2.09. The maximum atomic E-state index is 11.7. The van der Waals surface area contributed by atoms with E-state index in [0.717, 1.165) is 0 Å². The molecule has 1 N–H and O–H groups in total. The molecule has 0 radical (unpaired) electrons. The number of aromatic nitrogens is 2. The molecule has 1 aromatic carbocycles. The molecule has 0 atom stereocenters. The molecule has 2 rings (SSSR count). The largest absolute Gasteiger partial charge is 0.465 e. The Morgan fingerprint density at radius 3 is 2.95 bits per heavy atom. The van der Waals surface area contributed by atoms with E-state index in [1.807, 2.05) is 6.19 Å². The molecule has 2 aromatic rings. The first kappa shape index (κ1) is 15.6. The summed E-state index contributed by atoms with van der Waals surface area (Å²) in [4.78, 5) is 16.1. The van der Waals surface area contributed by atoms with Crippen molar-refractivity contribution >= 4 is 28.6 Å². The third-order valence-corrected chi connectivity index (χ3v) is 3.31. The van der Waals surface area contributed by atoms with E-state index >= 15 is 0 Å². The van der Waals surface area contributed by atoms with E-state index in [2.05, 4.69) is 15.4 Å². The number of amidine groups is 1. The van der Waals surface area contributed by atoms with Gasteiger partial charge in [-0.15, -0.1) is 0 Å². The van der Waals surface area contributed by atoms with E-state index in [4.69, 9.17) is 10.00 Å². The number of carbonyl (C=O) groups is 1. The minimum absolute atomic E-state index is 0.370. The van der Waals surface area contributed by atoms with Gasteiger partial charge in [-0.1, -0.05) is 11.8 Å². The van der Waals surface area contributed by atoms with Crippen molar-refractivity contribution in [1.29, 1.82) is 5.26 Å². The highest BCUT2D eigenvalue weighted by atomic mass is 32.2. The minimum Gasteiger partial charge on any atom is -0.465 e. The fourth-order valence-electron chi connectivity index (χ4n) is 1.74. The van der Waals surface area contributed by atoms with Crippen LogP contribution in [0.2, 0.25) is 0 Å². The fraction of sp³-hybridized carbons (Fsp3) is 0.143. The molecular weight excluding hydrogens is 302 g/mol. The Hall–Kier alpha value is -2.79. The maximum absolute atomic E-state index is 11.7. The number of hydrogen-bond acceptors (Lipinski definition) is 6. The van der Waals surface area contributed by atoms with Gasteiger partial charge in [-0.2, -0.15) is 10.4 Å². The summed E-state index contributed by atoms with van der Waals surface area (Å²) in [7, 11) is 1.32. The van der Waals surface area contributed by atoms with Crippen LogP contribution in [0.5, 0.6) is 0 Å². The van der Waals surface area contributed by atoms with Crippen molar-refractivity contribution in [1.82, 2.24) is 15.1 Å². The SMILES string of the molecule is COC(=O)c1ccc(-n2cccn2)c(N=C(NC#N)SC)c1. The summed E-state index contributed by atoms with van der Waals surface area (Å²) in [5.41, 5.74) is 1.55. The first-order valence-electron chi connectivity index (χ1n) is 6.19. The van der Waals surface area contributed by atoms with Crippen molar-refractivity contribution in [2.45, 2.75) is 0 Å². The number of nitrogens with zero attached hydrogens (tertiary/aromatic N) is 4. The lowest BCUT2D eigenvalue weighted by atomic mass is 10.1. The van der Waals surface area contributed by atoms with Crippen LogP contribution in [0, 0.1) is 11.5 Å². The Balaban J connectivity index is 2.55. The number of benzene rings is 1. The van der Waals surface area contributed by atoms with Gasteiger partial charge in [-0.05, 0) is 30.5 Å². The minimum atomic E-state index is -0.456. The summed E-state index contributed by atoms with van der Waals surface area (Å²) in [5, 5.41) is 15.8. The third-order valence-electron chi connectivity index (χ3n) is 2.73. The van der Waals surface area contributed by atoms with E-state index in [0.29, 0.717) is 22.1 Å². The monoisotopic (exact) mass is 315 g/mol. The molecule has 0 aliphatic heterocycles. The molecule has 0 unspecified atom stereocenters. The highest BCUT2D eigenvalue weighted by Gasteiger charge is 2.12. The van der Waals surface area contributed by atoms with Crippen molar-refractivity contribution in [3.05, 3.63) is 42.2 Å². The number of esters is 1. The number of methoxy groups -OCH3 is 1. The molecule has 0 amide bonds. The average Bonchev–Trinajstić information content (AvgIpc) is 3.07. The zero-order chi connectivity index (χ0) is 15.9. The molecule has 0 fully saturated rings. The van der Waals surface area contributed by atoms with Crippen LogP contribution in [0.4, 0.5) is 5.69 Å². The van der Waals surface area contributed by atoms with Gasteiger partial charge in [0.15, 0.2) is 11.4 Å². The quantitative estimate of drug-likeness (QED) is 0.306. The molecule has 0 aliphatic rings. The molecular formula is C14H13N5O2S. The summed E-state index contributed by atoms with van der Waals surface area (Å²) >= 11 is 1.29. The second kappa shape index (κ2) is 7.28. The van der Waals surface area contributed by atoms with Gasteiger partial charge in [0.05, 0.1) is 24.0 Å². The predicted octanol–water partition coefficient (Wildman–Crippen LogP) is 2.08. The van der Waals surface area contributed by atoms with E-state index in [1.54, 1.807) is 47.6 Å². The molecule has 7 nitrogen and oxygen atoms in total. The van der Waals surface area contributed by atoms with Gasteiger partial charge in [0.1, 0.15) is 0 Å². The molecule has 0 saturated heterocycles. The van der Waals surface area contributed by atoms with Crippen LogP contribution < -0.4 is 5.32 Å². The van der Waals surface area contributed by atoms with Crippen molar-refractivity contribution in [3.63, 3.8) is 0 Å². The molecule has 22 heavy (non-hydrogen) atoms. The zero-order valence-electron chi connectivity index (χ0n) is 12.0. The van der Waals surface area contributed by atoms with Crippen LogP contribution in [-0.4, -0.2) is 34.3 Å². The normalized spacial score (nSPS) is 10.9. The van der Waals surface area contributed by atoms with Gasteiger partial charge in [-0.25, -0.2) is 14.5 Å². The van der Waals surface area contributed by atoms with E-state index in [9.17, 15) is 4.79 Å². The first-order valence-corrected chi connectivity index (χ1v) is 7.42. The number of carbonyl (C=O) groups excluding carboxylic acids is 1. The van der Waals surface area contributed by atoms with Crippen LogP contribution in [0.15, 0.2) is 41.7 Å². The van der Waals surface area contributed by atoms with E-state index in [1.165, 1.54) is 18.9 Å². The molecule has 0 bridgehead atoms. The molecule has 0 aliphatic carbocycles. The van der Waals surface area contributed by atoms with Crippen molar-refractivity contribution < 1.29 is 9.53 Å². The second-order valence-electron chi connectivity index (χ2n) is 4.00. The number of aliphatic imine (C=N–C) groups is 1. The summed E-state index contributed by atoms with van der Waals surface area (Å²) in [6.45, 7) is 0.